The molecule has 2 rings (SSSR count). The third-order valence-electron chi connectivity index (χ3n) is 2.46. The molecule has 0 amide bonds. The maximum atomic E-state index is 10.3. The van der Waals surface area contributed by atoms with Crippen LogP contribution in [0.4, 0.5) is 0 Å². The van der Waals surface area contributed by atoms with Crippen LogP contribution in [0.15, 0.2) is 24.3 Å². The largest absolute Gasteiger partial charge is 0.480 e. The van der Waals surface area contributed by atoms with E-state index in [0.717, 1.165) is 6.42 Å². The standard InChI is InChI=1S/C13H14O3S/c1-9-6-11-7-10(2-3-12(11)17-9)4-5-16-8-13(14)15/h2-3,6-7H,4-5,8H2,1H3,(H,14,15). The Bertz CT molecular complexity index is 530. The molecular formula is C13H14O3S. The van der Waals surface area contributed by atoms with Gasteiger partial charge in [0.2, 0.25) is 0 Å². The van der Waals surface area contributed by atoms with Crippen LogP contribution in [0, 0.1) is 6.92 Å². The second-order valence-corrected chi connectivity index (χ2v) is 5.21. The van der Waals surface area contributed by atoms with E-state index in [4.69, 9.17) is 9.84 Å². The van der Waals surface area contributed by atoms with Crippen molar-refractivity contribution < 1.29 is 14.6 Å². The quantitative estimate of drug-likeness (QED) is 0.830. The highest BCUT2D eigenvalue weighted by atomic mass is 32.1. The number of carbonyl (C=O) groups is 1. The molecule has 1 aromatic carbocycles. The monoisotopic (exact) mass is 250 g/mol. The summed E-state index contributed by atoms with van der Waals surface area (Å²) in [5.41, 5.74) is 1.18. The van der Waals surface area contributed by atoms with Crippen LogP contribution in [0.2, 0.25) is 0 Å². The van der Waals surface area contributed by atoms with Crippen LogP contribution < -0.4 is 0 Å². The lowest BCUT2D eigenvalue weighted by Crippen LogP contribution is -2.08. The van der Waals surface area contributed by atoms with E-state index < -0.39 is 5.97 Å². The molecule has 0 atom stereocenters. The summed E-state index contributed by atoms with van der Waals surface area (Å²) in [4.78, 5) is 11.6. The first-order chi connectivity index (χ1) is 8.15. The van der Waals surface area contributed by atoms with E-state index in [2.05, 4.69) is 31.2 Å². The van der Waals surface area contributed by atoms with Crippen molar-refractivity contribution in [1.82, 2.24) is 0 Å². The van der Waals surface area contributed by atoms with Crippen molar-refractivity contribution in [3.8, 4) is 0 Å². The molecular weight excluding hydrogens is 236 g/mol. The maximum Gasteiger partial charge on any atom is 0.329 e. The number of benzene rings is 1. The summed E-state index contributed by atoms with van der Waals surface area (Å²) in [6, 6.07) is 8.49. The molecule has 1 heterocycles. The van der Waals surface area contributed by atoms with Gasteiger partial charge in [-0.1, -0.05) is 12.1 Å². The van der Waals surface area contributed by atoms with E-state index in [9.17, 15) is 4.79 Å². The third-order valence-corrected chi connectivity index (χ3v) is 3.50. The predicted octanol–water partition coefficient (Wildman–Crippen LogP) is 2.85. The Morgan fingerprint density at radius 1 is 1.41 bits per heavy atom. The molecule has 4 heteroatoms. The molecule has 0 bridgehead atoms. The third kappa shape index (κ3) is 3.28. The summed E-state index contributed by atoms with van der Waals surface area (Å²) >= 11 is 1.78. The lowest BCUT2D eigenvalue weighted by molar-refractivity contribution is -0.142. The Labute approximate surface area is 104 Å². The first kappa shape index (κ1) is 12.1. The highest BCUT2D eigenvalue weighted by Crippen LogP contribution is 2.25. The van der Waals surface area contributed by atoms with Gasteiger partial charge in [-0.3, -0.25) is 0 Å². The van der Waals surface area contributed by atoms with E-state index in [1.54, 1.807) is 11.3 Å². The van der Waals surface area contributed by atoms with E-state index in [0.29, 0.717) is 6.61 Å². The van der Waals surface area contributed by atoms with Crippen molar-refractivity contribution in [2.24, 2.45) is 0 Å². The van der Waals surface area contributed by atoms with Crippen LogP contribution in [-0.2, 0) is 16.0 Å². The summed E-state index contributed by atoms with van der Waals surface area (Å²) < 4.78 is 6.31. The van der Waals surface area contributed by atoms with Gasteiger partial charge in [-0.25, -0.2) is 4.79 Å². The fourth-order valence-electron chi connectivity index (χ4n) is 1.73. The summed E-state index contributed by atoms with van der Waals surface area (Å²) in [6.45, 7) is 2.32. The minimum atomic E-state index is -0.922. The molecule has 0 spiro atoms. The average molecular weight is 250 g/mol. The average Bonchev–Trinajstić information content (AvgIpc) is 2.63. The van der Waals surface area contributed by atoms with Gasteiger partial charge in [0.1, 0.15) is 6.61 Å². The zero-order valence-electron chi connectivity index (χ0n) is 9.60. The van der Waals surface area contributed by atoms with Crippen LogP contribution in [-0.4, -0.2) is 24.3 Å². The molecule has 0 fully saturated rings. The predicted molar refractivity (Wildman–Crippen MR) is 68.7 cm³/mol. The van der Waals surface area contributed by atoms with Gasteiger partial charge in [0.25, 0.3) is 0 Å². The summed E-state index contributed by atoms with van der Waals surface area (Å²) in [6.07, 6.45) is 0.748. The highest BCUT2D eigenvalue weighted by Gasteiger charge is 2.01. The van der Waals surface area contributed by atoms with Crippen LogP contribution in [0.1, 0.15) is 10.4 Å². The SMILES string of the molecule is Cc1cc2cc(CCOCC(=O)O)ccc2s1. The minimum Gasteiger partial charge on any atom is -0.480 e. The number of fused-ring (bicyclic) bond motifs is 1. The molecule has 0 radical (unpaired) electrons. The molecule has 17 heavy (non-hydrogen) atoms. The molecule has 0 saturated heterocycles. The van der Waals surface area contributed by atoms with Gasteiger partial charge in [-0.2, -0.15) is 0 Å². The van der Waals surface area contributed by atoms with E-state index in [-0.39, 0.29) is 6.61 Å². The van der Waals surface area contributed by atoms with Crippen molar-refractivity contribution in [2.75, 3.05) is 13.2 Å². The fourth-order valence-corrected chi connectivity index (χ4v) is 2.64. The van der Waals surface area contributed by atoms with E-state index in [1.165, 1.54) is 20.5 Å². The number of rotatable bonds is 5. The Balaban J connectivity index is 1.96. The van der Waals surface area contributed by atoms with Gasteiger partial charge < -0.3 is 9.84 Å². The van der Waals surface area contributed by atoms with Crippen molar-refractivity contribution in [3.63, 3.8) is 0 Å². The summed E-state index contributed by atoms with van der Waals surface area (Å²) in [7, 11) is 0. The lowest BCUT2D eigenvalue weighted by Gasteiger charge is -2.02. The molecule has 0 saturated carbocycles. The van der Waals surface area contributed by atoms with Gasteiger partial charge in [0, 0.05) is 9.58 Å². The number of aliphatic carboxylic acids is 1. The van der Waals surface area contributed by atoms with Gasteiger partial charge in [-0.05, 0) is 36.4 Å². The Morgan fingerprint density at radius 2 is 2.24 bits per heavy atom. The number of ether oxygens (including phenoxy) is 1. The molecule has 2 aromatic rings. The van der Waals surface area contributed by atoms with Crippen molar-refractivity contribution in [2.45, 2.75) is 13.3 Å². The Hall–Kier alpha value is -1.39. The van der Waals surface area contributed by atoms with Crippen LogP contribution in [0.5, 0.6) is 0 Å². The second kappa shape index (κ2) is 5.29. The van der Waals surface area contributed by atoms with Gasteiger partial charge in [-0.15, -0.1) is 11.3 Å². The fraction of sp³-hybridized carbons (Fsp3) is 0.308. The highest BCUT2D eigenvalue weighted by molar-refractivity contribution is 7.19. The smallest absolute Gasteiger partial charge is 0.329 e. The zero-order chi connectivity index (χ0) is 12.3. The first-order valence-electron chi connectivity index (χ1n) is 5.44. The summed E-state index contributed by atoms with van der Waals surface area (Å²) in [5, 5.41) is 9.68. The second-order valence-electron chi connectivity index (χ2n) is 3.93. The maximum absolute atomic E-state index is 10.3. The molecule has 0 aliphatic carbocycles. The van der Waals surface area contributed by atoms with E-state index >= 15 is 0 Å². The first-order valence-corrected chi connectivity index (χ1v) is 6.25. The van der Waals surface area contributed by atoms with Crippen LogP contribution in [0.25, 0.3) is 10.1 Å². The summed E-state index contributed by atoms with van der Waals surface area (Å²) in [5.74, 6) is -0.922. The zero-order valence-corrected chi connectivity index (χ0v) is 10.4. The van der Waals surface area contributed by atoms with Crippen molar-refractivity contribution in [1.29, 1.82) is 0 Å². The minimum absolute atomic E-state index is 0.222. The van der Waals surface area contributed by atoms with Gasteiger partial charge >= 0.3 is 5.97 Å². The molecule has 0 aliphatic rings. The van der Waals surface area contributed by atoms with Gasteiger partial charge in [0.15, 0.2) is 0 Å². The van der Waals surface area contributed by atoms with Crippen LogP contribution >= 0.6 is 11.3 Å². The molecule has 1 N–H and O–H groups in total. The van der Waals surface area contributed by atoms with Gasteiger partial charge in [0.05, 0.1) is 6.61 Å². The molecule has 1 aromatic heterocycles. The lowest BCUT2D eigenvalue weighted by atomic mass is 10.1. The van der Waals surface area contributed by atoms with Crippen LogP contribution in [0.3, 0.4) is 0 Å². The number of carboxylic acids is 1. The van der Waals surface area contributed by atoms with Crippen molar-refractivity contribution >= 4 is 27.4 Å². The molecule has 0 unspecified atom stereocenters. The molecule has 90 valence electrons. The number of carboxylic acid groups (broad SMARTS) is 1. The van der Waals surface area contributed by atoms with Crippen molar-refractivity contribution in [3.05, 3.63) is 34.7 Å². The molecule has 0 aliphatic heterocycles. The number of thiophene rings is 1. The normalized spacial score (nSPS) is 10.9. The number of hydrogen-bond donors (Lipinski definition) is 1. The Morgan fingerprint density at radius 3 is 3.00 bits per heavy atom. The molecule has 3 nitrogen and oxygen atoms in total. The topological polar surface area (TPSA) is 46.5 Å². The number of hydrogen-bond acceptors (Lipinski definition) is 3. The van der Waals surface area contributed by atoms with E-state index in [1.807, 2.05) is 0 Å². The Kier molecular flexibility index (Phi) is 3.76. The number of aryl methyl sites for hydroxylation is 1.